The van der Waals surface area contributed by atoms with Gasteiger partial charge in [0, 0.05) is 48.2 Å². The summed E-state index contributed by atoms with van der Waals surface area (Å²) < 4.78 is 53.1. The number of likely N-dealkylation sites (tertiary alicyclic amines) is 1. The molecule has 2 fully saturated rings. The minimum atomic E-state index is -2.93. The van der Waals surface area contributed by atoms with Crippen molar-refractivity contribution in [3.05, 3.63) is 58.2 Å². The highest BCUT2D eigenvalue weighted by molar-refractivity contribution is 5.94. The molecule has 2 saturated heterocycles. The van der Waals surface area contributed by atoms with Crippen molar-refractivity contribution >= 4 is 22.6 Å². The normalized spacial score (nSPS) is 20.8. The fraction of sp³-hybridized carbons (Fsp3) is 0.500. The molecular formula is C30H33F3N4O4. The van der Waals surface area contributed by atoms with Gasteiger partial charge < -0.3 is 24.8 Å². The third-order valence-electron chi connectivity index (χ3n) is 8.54. The van der Waals surface area contributed by atoms with Crippen LogP contribution in [0.25, 0.3) is 10.9 Å². The zero-order valence-electron chi connectivity index (χ0n) is 23.1. The van der Waals surface area contributed by atoms with Crippen molar-refractivity contribution in [2.75, 3.05) is 38.2 Å². The largest absolute Gasteiger partial charge is 0.492 e. The van der Waals surface area contributed by atoms with Gasteiger partial charge in [0.25, 0.3) is 6.43 Å². The van der Waals surface area contributed by atoms with Gasteiger partial charge >= 0.3 is 0 Å². The van der Waals surface area contributed by atoms with Gasteiger partial charge in [-0.3, -0.25) is 4.79 Å². The standard InChI is InChI=1S/C30H33F3N4O4/c1-16(19-4-3-5-20(24(19)31)27(32)33)34-28-22-14-23(26-21(7-13-41-26)25(22)35-17(2)36-28)30(39)8-10-37(11-9-30)29(38)18-6-12-40-15-18/h3-5,14,16,18,27,39H,6-13,15H2,1-2H3,(H,34,35,36)/t16-,18+/m1/s1. The number of amides is 1. The van der Waals surface area contributed by atoms with Crippen LogP contribution >= 0.6 is 0 Å². The number of aliphatic hydroxyl groups is 1. The Morgan fingerprint density at radius 3 is 2.66 bits per heavy atom. The van der Waals surface area contributed by atoms with E-state index in [1.54, 1.807) is 18.7 Å². The molecule has 1 aromatic heterocycles. The van der Waals surface area contributed by atoms with Crippen LogP contribution < -0.4 is 10.1 Å². The summed E-state index contributed by atoms with van der Waals surface area (Å²) in [5, 5.41) is 15.8. The first-order valence-electron chi connectivity index (χ1n) is 14.1. The summed E-state index contributed by atoms with van der Waals surface area (Å²) in [6.07, 6.45) is -0.937. The smallest absolute Gasteiger partial charge is 0.266 e. The van der Waals surface area contributed by atoms with Crippen LogP contribution in [-0.4, -0.2) is 58.8 Å². The molecule has 0 aliphatic carbocycles. The van der Waals surface area contributed by atoms with Crippen LogP contribution in [0.5, 0.6) is 5.75 Å². The molecule has 0 bridgehead atoms. The highest BCUT2D eigenvalue weighted by Crippen LogP contribution is 2.46. The molecule has 2 aromatic carbocycles. The number of carbonyl (C=O) groups excluding carboxylic acids is 1. The average molecular weight is 571 g/mol. The lowest BCUT2D eigenvalue weighted by Crippen LogP contribution is -2.47. The lowest BCUT2D eigenvalue weighted by Gasteiger charge is -2.40. The first-order chi connectivity index (χ1) is 19.7. The van der Waals surface area contributed by atoms with Crippen LogP contribution in [0.3, 0.4) is 0 Å². The predicted octanol–water partition coefficient (Wildman–Crippen LogP) is 4.97. The number of ether oxygens (including phenoxy) is 2. The Morgan fingerprint density at radius 2 is 1.95 bits per heavy atom. The molecule has 11 heteroatoms. The van der Waals surface area contributed by atoms with E-state index in [1.165, 1.54) is 12.1 Å². The Kier molecular flexibility index (Phi) is 7.27. The third-order valence-corrected chi connectivity index (χ3v) is 8.54. The summed E-state index contributed by atoms with van der Waals surface area (Å²) >= 11 is 0. The van der Waals surface area contributed by atoms with Gasteiger partial charge in [0.05, 0.1) is 41.9 Å². The number of hydrogen-bond donors (Lipinski definition) is 2. The van der Waals surface area contributed by atoms with E-state index in [9.17, 15) is 23.1 Å². The lowest BCUT2D eigenvalue weighted by molar-refractivity contribution is -0.140. The average Bonchev–Trinajstić information content (AvgIpc) is 3.66. The number of aryl methyl sites for hydroxylation is 1. The fourth-order valence-electron chi connectivity index (χ4n) is 6.24. The van der Waals surface area contributed by atoms with E-state index < -0.39 is 29.4 Å². The zero-order chi connectivity index (χ0) is 28.9. The summed E-state index contributed by atoms with van der Waals surface area (Å²) in [5.74, 6) is 0.491. The number of nitrogens with zero attached hydrogens (tertiary/aromatic N) is 3. The predicted molar refractivity (Wildman–Crippen MR) is 146 cm³/mol. The topological polar surface area (TPSA) is 96.8 Å². The molecule has 8 nitrogen and oxygen atoms in total. The minimum absolute atomic E-state index is 0.0667. The summed E-state index contributed by atoms with van der Waals surface area (Å²) in [6, 6.07) is 5.10. The molecule has 0 radical (unpaired) electrons. The van der Waals surface area contributed by atoms with E-state index in [1.807, 2.05) is 6.07 Å². The minimum Gasteiger partial charge on any atom is -0.492 e. The molecule has 0 spiro atoms. The second-order valence-electron chi connectivity index (χ2n) is 11.2. The van der Waals surface area contributed by atoms with Crippen LogP contribution in [-0.2, 0) is 21.6 Å². The molecule has 4 heterocycles. The second kappa shape index (κ2) is 10.8. The van der Waals surface area contributed by atoms with Gasteiger partial charge in [0.15, 0.2) is 0 Å². The van der Waals surface area contributed by atoms with Gasteiger partial charge in [-0.1, -0.05) is 18.2 Å². The second-order valence-corrected chi connectivity index (χ2v) is 11.2. The number of rotatable bonds is 6. The van der Waals surface area contributed by atoms with Gasteiger partial charge in [-0.15, -0.1) is 0 Å². The van der Waals surface area contributed by atoms with Gasteiger partial charge in [0.1, 0.15) is 23.2 Å². The maximum Gasteiger partial charge on any atom is 0.266 e. The Hall–Kier alpha value is -3.44. The number of benzene rings is 2. The zero-order valence-corrected chi connectivity index (χ0v) is 23.1. The SMILES string of the molecule is Cc1nc(N[C@H](C)c2cccc(C(F)F)c2F)c2cc(C3(O)CCN(C(=O)[C@H]4CCOC4)CC3)c3c(c2n1)CCO3. The van der Waals surface area contributed by atoms with Crippen LogP contribution in [0.4, 0.5) is 19.0 Å². The van der Waals surface area contributed by atoms with E-state index in [4.69, 9.17) is 9.47 Å². The number of carbonyl (C=O) groups is 1. The van der Waals surface area contributed by atoms with E-state index in [2.05, 4.69) is 15.3 Å². The summed E-state index contributed by atoms with van der Waals surface area (Å²) in [4.78, 5) is 24.0. The molecule has 3 aliphatic heterocycles. The number of piperidine rings is 1. The molecule has 0 saturated carbocycles. The van der Waals surface area contributed by atoms with E-state index in [0.717, 1.165) is 18.1 Å². The van der Waals surface area contributed by atoms with Crippen LogP contribution in [0.15, 0.2) is 24.3 Å². The molecule has 1 amide bonds. The molecule has 2 atom stereocenters. The highest BCUT2D eigenvalue weighted by Gasteiger charge is 2.41. The van der Waals surface area contributed by atoms with Crippen LogP contribution in [0.1, 0.15) is 66.7 Å². The number of alkyl halides is 2. The summed E-state index contributed by atoms with van der Waals surface area (Å²) in [7, 11) is 0. The molecule has 218 valence electrons. The Bertz CT molecular complexity index is 1490. The first kappa shape index (κ1) is 27.7. The number of fused-ring (bicyclic) bond motifs is 3. The highest BCUT2D eigenvalue weighted by atomic mass is 19.3. The van der Waals surface area contributed by atoms with Crippen molar-refractivity contribution < 1.29 is 32.5 Å². The van der Waals surface area contributed by atoms with E-state index >= 15 is 0 Å². The van der Waals surface area contributed by atoms with Crippen molar-refractivity contribution in [1.29, 1.82) is 0 Å². The van der Waals surface area contributed by atoms with Crippen molar-refractivity contribution in [3.8, 4) is 5.75 Å². The number of aromatic nitrogens is 2. The van der Waals surface area contributed by atoms with Gasteiger partial charge in [-0.25, -0.2) is 23.1 Å². The molecular weight excluding hydrogens is 537 g/mol. The number of halogens is 3. The van der Waals surface area contributed by atoms with Crippen molar-refractivity contribution in [3.63, 3.8) is 0 Å². The van der Waals surface area contributed by atoms with Crippen molar-refractivity contribution in [1.82, 2.24) is 14.9 Å². The van der Waals surface area contributed by atoms with Crippen LogP contribution in [0.2, 0.25) is 0 Å². The van der Waals surface area contributed by atoms with Gasteiger partial charge in [-0.2, -0.15) is 0 Å². The molecule has 6 rings (SSSR count). The summed E-state index contributed by atoms with van der Waals surface area (Å²) in [6.45, 7) is 5.72. The quantitative estimate of drug-likeness (QED) is 0.432. The summed E-state index contributed by atoms with van der Waals surface area (Å²) in [5.41, 5.74) is 0.354. The molecule has 3 aliphatic rings. The first-order valence-corrected chi connectivity index (χ1v) is 14.1. The fourth-order valence-corrected chi connectivity index (χ4v) is 6.24. The van der Waals surface area contributed by atoms with Gasteiger partial charge in [-0.05, 0) is 39.2 Å². The van der Waals surface area contributed by atoms with Gasteiger partial charge in [0.2, 0.25) is 5.91 Å². The Labute approximate surface area is 235 Å². The third kappa shape index (κ3) is 4.99. The van der Waals surface area contributed by atoms with E-state index in [0.29, 0.717) is 86.0 Å². The number of anilines is 1. The Morgan fingerprint density at radius 1 is 1.20 bits per heavy atom. The maximum absolute atomic E-state index is 15.0. The Balaban J connectivity index is 1.35. The monoisotopic (exact) mass is 570 g/mol. The molecule has 2 N–H and O–H groups in total. The number of hydrogen-bond acceptors (Lipinski definition) is 7. The lowest BCUT2D eigenvalue weighted by atomic mass is 9.82. The van der Waals surface area contributed by atoms with Crippen molar-refractivity contribution in [2.45, 2.75) is 57.6 Å². The molecule has 41 heavy (non-hydrogen) atoms. The van der Waals surface area contributed by atoms with E-state index in [-0.39, 0.29) is 17.4 Å². The van der Waals surface area contributed by atoms with Crippen molar-refractivity contribution in [2.24, 2.45) is 5.92 Å². The van der Waals surface area contributed by atoms with Crippen LogP contribution in [0, 0.1) is 18.7 Å². The maximum atomic E-state index is 15.0. The molecule has 0 unspecified atom stereocenters. The molecule has 3 aromatic rings. The number of nitrogens with one attached hydrogen (secondary N) is 1.